The molecular weight excluding hydrogens is 198 g/mol. The van der Waals surface area contributed by atoms with Crippen molar-refractivity contribution >= 4 is 12.0 Å². The standard InChI is InChI=1S/C9H17N3O3/c1-9(2,7(10)13)11(3)6-4-12(5-6)8(14)15/h6H,4-5H2,1-3H3,(H2,10,13)(H,14,15). The van der Waals surface area contributed by atoms with Crippen LogP contribution in [0.3, 0.4) is 0 Å². The lowest BCUT2D eigenvalue weighted by atomic mass is 9.97. The molecule has 0 aliphatic carbocycles. The average Bonchev–Trinajstić information content (AvgIpc) is 1.99. The van der Waals surface area contributed by atoms with Crippen LogP contribution in [0.1, 0.15) is 13.8 Å². The molecule has 6 nitrogen and oxygen atoms in total. The molecule has 0 bridgehead atoms. The van der Waals surface area contributed by atoms with E-state index in [1.54, 1.807) is 20.9 Å². The number of hydrogen-bond acceptors (Lipinski definition) is 3. The summed E-state index contributed by atoms with van der Waals surface area (Å²) < 4.78 is 0. The smallest absolute Gasteiger partial charge is 0.407 e. The van der Waals surface area contributed by atoms with Gasteiger partial charge in [0, 0.05) is 19.1 Å². The van der Waals surface area contributed by atoms with E-state index < -0.39 is 17.5 Å². The highest BCUT2D eigenvalue weighted by Crippen LogP contribution is 2.21. The van der Waals surface area contributed by atoms with Gasteiger partial charge in [-0.2, -0.15) is 0 Å². The molecule has 0 saturated carbocycles. The molecule has 1 fully saturated rings. The lowest BCUT2D eigenvalue weighted by molar-refractivity contribution is -0.130. The SMILES string of the molecule is CN(C1CN(C(=O)O)C1)C(C)(C)C(N)=O. The van der Waals surface area contributed by atoms with Crippen LogP contribution in [0.5, 0.6) is 0 Å². The molecular formula is C9H17N3O3. The van der Waals surface area contributed by atoms with E-state index >= 15 is 0 Å². The van der Waals surface area contributed by atoms with E-state index in [2.05, 4.69) is 0 Å². The average molecular weight is 215 g/mol. The molecule has 0 aromatic rings. The van der Waals surface area contributed by atoms with Crippen molar-refractivity contribution in [2.45, 2.75) is 25.4 Å². The summed E-state index contributed by atoms with van der Waals surface area (Å²) in [6.07, 6.45) is -0.920. The molecule has 0 radical (unpaired) electrons. The van der Waals surface area contributed by atoms with Crippen molar-refractivity contribution in [1.29, 1.82) is 0 Å². The van der Waals surface area contributed by atoms with Crippen LogP contribution in [0.2, 0.25) is 0 Å². The Hall–Kier alpha value is -1.30. The molecule has 6 heteroatoms. The molecule has 1 aliphatic heterocycles. The number of carboxylic acid groups (broad SMARTS) is 1. The highest BCUT2D eigenvalue weighted by Gasteiger charge is 2.41. The number of rotatable bonds is 3. The van der Waals surface area contributed by atoms with E-state index in [9.17, 15) is 9.59 Å². The van der Waals surface area contributed by atoms with Gasteiger partial charge in [0.1, 0.15) is 0 Å². The number of nitrogens with zero attached hydrogens (tertiary/aromatic N) is 2. The van der Waals surface area contributed by atoms with Crippen LogP contribution in [-0.2, 0) is 4.79 Å². The van der Waals surface area contributed by atoms with Crippen LogP contribution < -0.4 is 5.73 Å². The van der Waals surface area contributed by atoms with Crippen LogP contribution in [-0.4, -0.2) is 58.6 Å². The van der Waals surface area contributed by atoms with Gasteiger partial charge in [-0.25, -0.2) is 4.79 Å². The van der Waals surface area contributed by atoms with E-state index in [0.717, 1.165) is 0 Å². The third-order valence-electron chi connectivity index (χ3n) is 3.17. The van der Waals surface area contributed by atoms with Crippen molar-refractivity contribution in [3.05, 3.63) is 0 Å². The predicted molar refractivity (Wildman–Crippen MR) is 54.4 cm³/mol. The minimum Gasteiger partial charge on any atom is -0.465 e. The van der Waals surface area contributed by atoms with Gasteiger partial charge in [0.05, 0.1) is 5.54 Å². The van der Waals surface area contributed by atoms with E-state index in [-0.39, 0.29) is 6.04 Å². The van der Waals surface area contributed by atoms with Crippen molar-refractivity contribution in [3.63, 3.8) is 0 Å². The first kappa shape index (κ1) is 11.8. The molecule has 86 valence electrons. The molecule has 1 rings (SSSR count). The van der Waals surface area contributed by atoms with Crippen LogP contribution in [0, 0.1) is 0 Å². The van der Waals surface area contributed by atoms with Crippen LogP contribution in [0.4, 0.5) is 4.79 Å². The minimum absolute atomic E-state index is 0.0728. The summed E-state index contributed by atoms with van der Waals surface area (Å²) in [7, 11) is 1.79. The van der Waals surface area contributed by atoms with Gasteiger partial charge in [-0.05, 0) is 20.9 Å². The number of amides is 2. The Labute approximate surface area is 88.6 Å². The molecule has 0 spiro atoms. The zero-order valence-electron chi connectivity index (χ0n) is 9.23. The Morgan fingerprint density at radius 3 is 2.27 bits per heavy atom. The maximum atomic E-state index is 11.2. The quantitative estimate of drug-likeness (QED) is 0.667. The molecule has 0 aromatic carbocycles. The summed E-state index contributed by atoms with van der Waals surface area (Å²) >= 11 is 0. The normalized spacial score (nSPS) is 17.7. The Bertz CT molecular complexity index is 284. The van der Waals surface area contributed by atoms with Gasteiger partial charge in [0.25, 0.3) is 0 Å². The van der Waals surface area contributed by atoms with Crippen molar-refractivity contribution < 1.29 is 14.7 Å². The lowest BCUT2D eigenvalue weighted by Crippen LogP contribution is -2.66. The van der Waals surface area contributed by atoms with Gasteiger partial charge in [-0.3, -0.25) is 9.69 Å². The topological polar surface area (TPSA) is 86.9 Å². The van der Waals surface area contributed by atoms with E-state index in [0.29, 0.717) is 13.1 Å². The number of hydrogen-bond donors (Lipinski definition) is 2. The summed E-state index contributed by atoms with van der Waals surface area (Å²) in [5, 5.41) is 8.66. The fraction of sp³-hybridized carbons (Fsp3) is 0.778. The molecule has 1 heterocycles. The highest BCUT2D eigenvalue weighted by atomic mass is 16.4. The summed E-state index contributed by atoms with van der Waals surface area (Å²) in [5.74, 6) is -0.404. The summed E-state index contributed by atoms with van der Waals surface area (Å²) in [4.78, 5) is 24.9. The van der Waals surface area contributed by atoms with Crippen LogP contribution in [0.25, 0.3) is 0 Å². The number of likely N-dealkylation sites (N-methyl/N-ethyl adjacent to an activating group) is 1. The third kappa shape index (κ3) is 2.04. The fourth-order valence-corrected chi connectivity index (χ4v) is 1.49. The number of carbonyl (C=O) groups is 2. The monoisotopic (exact) mass is 215 g/mol. The Kier molecular flexibility index (Phi) is 2.90. The summed E-state index contributed by atoms with van der Waals surface area (Å²) in [5.41, 5.74) is 4.53. The first-order valence-corrected chi connectivity index (χ1v) is 4.77. The van der Waals surface area contributed by atoms with Gasteiger partial charge < -0.3 is 15.7 Å². The number of nitrogens with two attached hydrogens (primary N) is 1. The van der Waals surface area contributed by atoms with Gasteiger partial charge in [-0.15, -0.1) is 0 Å². The minimum atomic E-state index is -0.920. The maximum Gasteiger partial charge on any atom is 0.407 e. The van der Waals surface area contributed by atoms with Crippen LogP contribution >= 0.6 is 0 Å². The first-order chi connectivity index (χ1) is 6.76. The van der Waals surface area contributed by atoms with Crippen LogP contribution in [0.15, 0.2) is 0 Å². The zero-order valence-corrected chi connectivity index (χ0v) is 9.23. The predicted octanol–water partition coefficient (Wildman–Crippen LogP) is -0.456. The molecule has 15 heavy (non-hydrogen) atoms. The number of primary amides is 1. The highest BCUT2D eigenvalue weighted by molar-refractivity contribution is 5.83. The second kappa shape index (κ2) is 3.69. The molecule has 1 aliphatic rings. The maximum absolute atomic E-state index is 11.2. The Balaban J connectivity index is 2.55. The second-order valence-electron chi connectivity index (χ2n) is 4.38. The number of likely N-dealkylation sites (tertiary alicyclic amines) is 1. The lowest BCUT2D eigenvalue weighted by Gasteiger charge is -2.47. The molecule has 1 saturated heterocycles. The van der Waals surface area contributed by atoms with Gasteiger partial charge in [0.2, 0.25) is 5.91 Å². The third-order valence-corrected chi connectivity index (χ3v) is 3.17. The molecule has 3 N–H and O–H groups in total. The van der Waals surface area contributed by atoms with Gasteiger partial charge >= 0.3 is 6.09 Å². The Morgan fingerprint density at radius 2 is 1.93 bits per heavy atom. The molecule has 0 unspecified atom stereocenters. The molecule has 0 aromatic heterocycles. The first-order valence-electron chi connectivity index (χ1n) is 4.77. The van der Waals surface area contributed by atoms with E-state index in [1.165, 1.54) is 4.90 Å². The Morgan fingerprint density at radius 1 is 1.47 bits per heavy atom. The van der Waals surface area contributed by atoms with Crippen molar-refractivity contribution in [3.8, 4) is 0 Å². The largest absolute Gasteiger partial charge is 0.465 e. The van der Waals surface area contributed by atoms with Crippen molar-refractivity contribution in [2.75, 3.05) is 20.1 Å². The zero-order chi connectivity index (χ0) is 11.8. The molecule has 2 amide bonds. The van der Waals surface area contributed by atoms with E-state index in [1.807, 2.05) is 4.90 Å². The summed E-state index contributed by atoms with van der Waals surface area (Å²) in [6, 6.07) is 0.0728. The summed E-state index contributed by atoms with van der Waals surface area (Å²) in [6.45, 7) is 4.34. The van der Waals surface area contributed by atoms with Gasteiger partial charge in [0.15, 0.2) is 0 Å². The van der Waals surface area contributed by atoms with Crippen molar-refractivity contribution in [2.24, 2.45) is 5.73 Å². The van der Waals surface area contributed by atoms with E-state index in [4.69, 9.17) is 10.8 Å². The number of carbonyl (C=O) groups excluding carboxylic acids is 1. The fourth-order valence-electron chi connectivity index (χ4n) is 1.49. The molecule has 0 atom stereocenters. The second-order valence-corrected chi connectivity index (χ2v) is 4.38. The van der Waals surface area contributed by atoms with Gasteiger partial charge in [-0.1, -0.05) is 0 Å². The van der Waals surface area contributed by atoms with Crippen molar-refractivity contribution in [1.82, 2.24) is 9.80 Å².